The van der Waals surface area contributed by atoms with Gasteiger partial charge in [0.2, 0.25) is 0 Å². The molecule has 0 fully saturated rings. The van der Waals surface area contributed by atoms with E-state index in [0.29, 0.717) is 23.8 Å². The van der Waals surface area contributed by atoms with Gasteiger partial charge in [-0.2, -0.15) is 5.10 Å². The quantitative estimate of drug-likeness (QED) is 0.918. The lowest BCUT2D eigenvalue weighted by atomic mass is 10.2. The third-order valence-corrected chi connectivity index (χ3v) is 3.50. The van der Waals surface area contributed by atoms with Gasteiger partial charge in [-0.05, 0) is 18.6 Å². The molecule has 20 heavy (non-hydrogen) atoms. The molecule has 0 aliphatic heterocycles. The molecule has 0 amide bonds. The Morgan fingerprint density at radius 1 is 1.30 bits per heavy atom. The minimum atomic E-state index is -0.432. The Hall–Kier alpha value is -1.39. The molecule has 1 N–H and O–H groups in total. The van der Waals surface area contributed by atoms with Crippen molar-refractivity contribution in [2.75, 3.05) is 0 Å². The molecule has 2 rings (SSSR count). The molecule has 0 saturated heterocycles. The van der Waals surface area contributed by atoms with Gasteiger partial charge in [-0.15, -0.1) is 0 Å². The van der Waals surface area contributed by atoms with E-state index in [1.807, 2.05) is 45.0 Å². The fourth-order valence-electron chi connectivity index (χ4n) is 1.90. The highest BCUT2D eigenvalue weighted by Crippen LogP contribution is 2.27. The van der Waals surface area contributed by atoms with E-state index in [-0.39, 0.29) is 5.92 Å². The van der Waals surface area contributed by atoms with Gasteiger partial charge in [-0.3, -0.25) is 0 Å². The zero-order valence-corrected chi connectivity index (χ0v) is 12.8. The van der Waals surface area contributed by atoms with Gasteiger partial charge < -0.3 is 5.11 Å². The lowest BCUT2D eigenvalue weighted by molar-refractivity contribution is 0.145. The van der Waals surface area contributed by atoms with Crippen LogP contribution >= 0.6 is 11.6 Å². The van der Waals surface area contributed by atoms with E-state index in [9.17, 15) is 5.11 Å². The van der Waals surface area contributed by atoms with Crippen molar-refractivity contribution >= 4 is 11.6 Å². The molecule has 0 aliphatic rings. The van der Waals surface area contributed by atoms with E-state index in [1.165, 1.54) is 0 Å². The van der Waals surface area contributed by atoms with E-state index in [2.05, 4.69) is 10.1 Å². The van der Waals surface area contributed by atoms with Gasteiger partial charge in [-0.1, -0.05) is 44.5 Å². The second kappa shape index (κ2) is 6.37. The Kier molecular flexibility index (Phi) is 4.78. The topological polar surface area (TPSA) is 50.9 Å². The fraction of sp³-hybridized carbons (Fsp3) is 0.467. The summed E-state index contributed by atoms with van der Waals surface area (Å²) in [6.45, 7) is 6.47. The standard InChI is InChI=1S/C15H20ClN3O/c1-4-11(20)9-19-15(17-14(18-19)10(2)3)12-7-5-6-8-13(12)16/h5-8,10-11,20H,4,9H2,1-3H3. The minimum Gasteiger partial charge on any atom is -0.391 e. The van der Waals surface area contributed by atoms with Crippen LogP contribution in [-0.4, -0.2) is 26.0 Å². The first-order valence-corrected chi connectivity index (χ1v) is 7.28. The lowest BCUT2D eigenvalue weighted by Gasteiger charge is -2.10. The zero-order valence-electron chi connectivity index (χ0n) is 12.0. The number of nitrogens with zero attached hydrogens (tertiary/aromatic N) is 3. The number of aromatic nitrogens is 3. The predicted molar refractivity (Wildman–Crippen MR) is 80.9 cm³/mol. The average molecular weight is 294 g/mol. The Balaban J connectivity index is 2.47. The van der Waals surface area contributed by atoms with Crippen molar-refractivity contribution in [2.24, 2.45) is 0 Å². The van der Waals surface area contributed by atoms with Crippen molar-refractivity contribution in [3.05, 3.63) is 35.1 Å². The largest absolute Gasteiger partial charge is 0.391 e. The van der Waals surface area contributed by atoms with Crippen LogP contribution in [0.5, 0.6) is 0 Å². The summed E-state index contributed by atoms with van der Waals surface area (Å²) >= 11 is 6.25. The van der Waals surface area contributed by atoms with Crippen LogP contribution in [-0.2, 0) is 6.54 Å². The minimum absolute atomic E-state index is 0.233. The molecule has 2 aromatic rings. The van der Waals surface area contributed by atoms with Crippen molar-refractivity contribution in [2.45, 2.75) is 45.8 Å². The number of hydrogen-bond donors (Lipinski definition) is 1. The molecular formula is C15H20ClN3O. The first kappa shape index (κ1) is 15.0. The van der Waals surface area contributed by atoms with Crippen LogP contribution in [0.25, 0.3) is 11.4 Å². The number of aliphatic hydroxyl groups excluding tert-OH is 1. The van der Waals surface area contributed by atoms with Crippen molar-refractivity contribution in [3.63, 3.8) is 0 Å². The SMILES string of the molecule is CCC(O)Cn1nc(C(C)C)nc1-c1ccccc1Cl. The number of halogens is 1. The van der Waals surface area contributed by atoms with E-state index < -0.39 is 6.10 Å². The fourth-order valence-corrected chi connectivity index (χ4v) is 2.12. The van der Waals surface area contributed by atoms with E-state index >= 15 is 0 Å². The maximum absolute atomic E-state index is 9.88. The van der Waals surface area contributed by atoms with Gasteiger partial charge in [0.05, 0.1) is 17.7 Å². The summed E-state index contributed by atoms with van der Waals surface area (Å²) in [5.74, 6) is 1.71. The summed E-state index contributed by atoms with van der Waals surface area (Å²) in [5, 5.41) is 15.0. The van der Waals surface area contributed by atoms with E-state index in [0.717, 1.165) is 11.4 Å². The van der Waals surface area contributed by atoms with Crippen LogP contribution < -0.4 is 0 Å². The second-order valence-corrected chi connectivity index (χ2v) is 5.58. The number of aliphatic hydroxyl groups is 1. The average Bonchev–Trinajstić information content (AvgIpc) is 2.83. The predicted octanol–water partition coefficient (Wildman–Crippen LogP) is 3.49. The summed E-state index contributed by atoms with van der Waals surface area (Å²) in [6, 6.07) is 7.56. The number of rotatable bonds is 5. The number of benzene rings is 1. The van der Waals surface area contributed by atoms with Crippen LogP contribution in [0.4, 0.5) is 0 Å². The highest BCUT2D eigenvalue weighted by Gasteiger charge is 2.17. The summed E-state index contributed by atoms with van der Waals surface area (Å²) in [5.41, 5.74) is 0.844. The molecule has 1 aromatic heterocycles. The van der Waals surface area contributed by atoms with Crippen molar-refractivity contribution in [1.29, 1.82) is 0 Å². The Morgan fingerprint density at radius 2 is 2.00 bits per heavy atom. The molecule has 0 spiro atoms. The molecule has 0 radical (unpaired) electrons. The number of hydrogen-bond acceptors (Lipinski definition) is 3. The maximum Gasteiger partial charge on any atom is 0.160 e. The summed E-state index contributed by atoms with van der Waals surface area (Å²) in [6.07, 6.45) is 0.247. The van der Waals surface area contributed by atoms with Crippen LogP contribution in [0, 0.1) is 0 Å². The normalized spacial score (nSPS) is 12.9. The Bertz CT molecular complexity index is 580. The molecule has 108 valence electrons. The molecule has 1 atom stereocenters. The highest BCUT2D eigenvalue weighted by molar-refractivity contribution is 6.33. The highest BCUT2D eigenvalue weighted by atomic mass is 35.5. The van der Waals surface area contributed by atoms with Crippen molar-refractivity contribution in [3.8, 4) is 11.4 Å². The molecule has 1 unspecified atom stereocenters. The molecule has 0 saturated carbocycles. The molecule has 0 aliphatic carbocycles. The van der Waals surface area contributed by atoms with Gasteiger partial charge >= 0.3 is 0 Å². The Labute approximate surface area is 124 Å². The first-order valence-electron chi connectivity index (χ1n) is 6.90. The smallest absolute Gasteiger partial charge is 0.160 e. The van der Waals surface area contributed by atoms with Gasteiger partial charge in [0, 0.05) is 11.5 Å². The Morgan fingerprint density at radius 3 is 2.60 bits per heavy atom. The molecule has 0 bridgehead atoms. The van der Waals surface area contributed by atoms with E-state index in [4.69, 9.17) is 11.6 Å². The van der Waals surface area contributed by atoms with Gasteiger partial charge in [-0.25, -0.2) is 9.67 Å². The summed E-state index contributed by atoms with van der Waals surface area (Å²) in [7, 11) is 0. The molecule has 1 heterocycles. The third kappa shape index (κ3) is 3.19. The lowest BCUT2D eigenvalue weighted by Crippen LogP contribution is -2.17. The van der Waals surface area contributed by atoms with Crippen LogP contribution in [0.3, 0.4) is 0 Å². The summed E-state index contributed by atoms with van der Waals surface area (Å²) in [4.78, 5) is 4.58. The second-order valence-electron chi connectivity index (χ2n) is 5.17. The monoisotopic (exact) mass is 293 g/mol. The first-order chi connectivity index (χ1) is 9.52. The third-order valence-electron chi connectivity index (χ3n) is 3.17. The van der Waals surface area contributed by atoms with Gasteiger partial charge in [0.15, 0.2) is 11.6 Å². The maximum atomic E-state index is 9.88. The molecule has 1 aromatic carbocycles. The van der Waals surface area contributed by atoms with Crippen LogP contribution in [0.1, 0.15) is 38.9 Å². The van der Waals surface area contributed by atoms with Crippen LogP contribution in [0.2, 0.25) is 5.02 Å². The molecule has 5 heteroatoms. The van der Waals surface area contributed by atoms with Gasteiger partial charge in [0.1, 0.15) is 0 Å². The van der Waals surface area contributed by atoms with Crippen LogP contribution in [0.15, 0.2) is 24.3 Å². The van der Waals surface area contributed by atoms with Gasteiger partial charge in [0.25, 0.3) is 0 Å². The van der Waals surface area contributed by atoms with E-state index in [1.54, 1.807) is 4.68 Å². The molecule has 4 nitrogen and oxygen atoms in total. The van der Waals surface area contributed by atoms with Crippen molar-refractivity contribution in [1.82, 2.24) is 14.8 Å². The zero-order chi connectivity index (χ0) is 14.7. The molecular weight excluding hydrogens is 274 g/mol. The summed E-state index contributed by atoms with van der Waals surface area (Å²) < 4.78 is 1.75. The van der Waals surface area contributed by atoms with Crippen molar-refractivity contribution < 1.29 is 5.11 Å².